The van der Waals surface area contributed by atoms with Gasteiger partial charge in [-0.05, 0) is 18.2 Å². The second-order valence-corrected chi connectivity index (χ2v) is 5.04. The van der Waals surface area contributed by atoms with Crippen LogP contribution in [0, 0.1) is 0 Å². The largest absolute Gasteiger partial charge is 0.483 e. The van der Waals surface area contributed by atoms with Gasteiger partial charge in [0.2, 0.25) is 0 Å². The summed E-state index contributed by atoms with van der Waals surface area (Å²) in [6.45, 7) is 1.54. The Hall–Kier alpha value is -0.580. The number of carbonyl (C=O) groups is 1. The first-order valence-corrected chi connectivity index (χ1v) is 5.70. The maximum Gasteiger partial charge on any atom is 0.170 e. The van der Waals surface area contributed by atoms with Gasteiger partial charge in [0.1, 0.15) is 11.4 Å². The fraction of sp³-hybridized carbons (Fsp3) is 0.364. The first kappa shape index (κ1) is 11.9. The Kier molecular flexibility index (Phi) is 2.99. The molecule has 3 nitrogen and oxygen atoms in total. The van der Waals surface area contributed by atoms with Crippen molar-refractivity contribution < 1.29 is 9.53 Å². The quantitative estimate of drug-likeness (QED) is 0.798. The van der Waals surface area contributed by atoms with Crippen LogP contribution in [0.5, 0.6) is 5.75 Å². The van der Waals surface area contributed by atoms with Crippen LogP contribution < -0.4 is 10.1 Å². The van der Waals surface area contributed by atoms with Gasteiger partial charge in [-0.25, -0.2) is 0 Å². The molecule has 86 valence electrons. The van der Waals surface area contributed by atoms with Crippen LogP contribution in [0.4, 0.5) is 0 Å². The van der Waals surface area contributed by atoms with Crippen LogP contribution in [0.15, 0.2) is 22.7 Å². The summed E-state index contributed by atoms with van der Waals surface area (Å²) < 4.78 is 6.84. The van der Waals surface area contributed by atoms with Crippen LogP contribution in [0.3, 0.4) is 0 Å². The summed E-state index contributed by atoms with van der Waals surface area (Å²) in [6.07, 6.45) is 0.495. The number of nitrogens with one attached hydrogen (secondary N) is 1. The molecule has 0 aliphatic carbocycles. The Morgan fingerprint density at radius 3 is 2.75 bits per heavy atom. The first-order valence-electron chi connectivity index (χ1n) is 4.91. The van der Waals surface area contributed by atoms with Crippen molar-refractivity contribution in [2.24, 2.45) is 0 Å². The molecule has 16 heavy (non-hydrogen) atoms. The summed E-state index contributed by atoms with van der Waals surface area (Å²) in [5.74, 6) is 0.896. The monoisotopic (exact) mass is 303 g/mol. The van der Waals surface area contributed by atoms with Gasteiger partial charge < -0.3 is 10.1 Å². The average molecular weight is 305 g/mol. The summed E-state index contributed by atoms with van der Waals surface area (Å²) in [7, 11) is 0. The molecule has 1 aromatic carbocycles. The van der Waals surface area contributed by atoms with E-state index in [1.165, 1.54) is 0 Å². The Morgan fingerprint density at radius 2 is 2.12 bits per heavy atom. The maximum absolute atomic E-state index is 11.9. The highest BCUT2D eigenvalue weighted by atomic mass is 79.9. The van der Waals surface area contributed by atoms with Crippen LogP contribution in [0.1, 0.15) is 16.8 Å². The Labute approximate surface area is 108 Å². The molecular formula is C11H11BrClNO2. The van der Waals surface area contributed by atoms with E-state index in [9.17, 15) is 4.79 Å². The molecule has 0 amide bonds. The molecule has 3 rings (SSSR count). The number of fused-ring (bicyclic) bond motifs is 1. The predicted octanol–water partition coefficient (Wildman–Crippen LogP) is 2.18. The number of ether oxygens (including phenoxy) is 1. The molecule has 2 heterocycles. The van der Waals surface area contributed by atoms with Gasteiger partial charge in [0.15, 0.2) is 5.78 Å². The summed E-state index contributed by atoms with van der Waals surface area (Å²) >= 11 is 3.38. The van der Waals surface area contributed by atoms with Gasteiger partial charge in [-0.1, -0.05) is 15.9 Å². The molecule has 1 saturated heterocycles. The summed E-state index contributed by atoms with van der Waals surface area (Å²) in [4.78, 5) is 11.9. The van der Waals surface area contributed by atoms with E-state index in [0.29, 0.717) is 17.7 Å². The van der Waals surface area contributed by atoms with Crippen molar-refractivity contribution in [2.45, 2.75) is 12.0 Å². The summed E-state index contributed by atoms with van der Waals surface area (Å²) in [6, 6.07) is 5.56. The zero-order valence-electron chi connectivity index (χ0n) is 8.46. The number of benzene rings is 1. The van der Waals surface area contributed by atoms with Crippen LogP contribution in [-0.4, -0.2) is 24.5 Å². The highest BCUT2D eigenvalue weighted by Gasteiger charge is 2.45. The van der Waals surface area contributed by atoms with Gasteiger partial charge in [-0.3, -0.25) is 4.79 Å². The molecule has 0 radical (unpaired) electrons. The lowest BCUT2D eigenvalue weighted by atomic mass is 9.85. The highest BCUT2D eigenvalue weighted by molar-refractivity contribution is 9.10. The Morgan fingerprint density at radius 1 is 1.38 bits per heavy atom. The predicted molar refractivity (Wildman–Crippen MR) is 66.6 cm³/mol. The van der Waals surface area contributed by atoms with E-state index >= 15 is 0 Å². The van der Waals surface area contributed by atoms with Gasteiger partial charge >= 0.3 is 0 Å². The molecule has 1 N–H and O–H groups in total. The van der Waals surface area contributed by atoms with Crippen LogP contribution in [0.2, 0.25) is 0 Å². The van der Waals surface area contributed by atoms with Crippen molar-refractivity contribution in [1.82, 2.24) is 5.32 Å². The third-order valence-electron chi connectivity index (χ3n) is 2.95. The molecule has 1 aromatic rings. The molecule has 0 atom stereocenters. The van der Waals surface area contributed by atoms with Crippen LogP contribution >= 0.6 is 28.3 Å². The van der Waals surface area contributed by atoms with E-state index in [4.69, 9.17) is 4.74 Å². The zero-order valence-corrected chi connectivity index (χ0v) is 10.9. The van der Waals surface area contributed by atoms with Crippen molar-refractivity contribution in [3.8, 4) is 5.75 Å². The van der Waals surface area contributed by atoms with E-state index in [2.05, 4.69) is 21.2 Å². The fourth-order valence-electron chi connectivity index (χ4n) is 2.07. The first-order chi connectivity index (χ1) is 7.19. The smallest absolute Gasteiger partial charge is 0.170 e. The van der Waals surface area contributed by atoms with E-state index in [0.717, 1.165) is 17.6 Å². The van der Waals surface area contributed by atoms with E-state index in [1.807, 2.05) is 18.2 Å². The number of ketones is 1. The zero-order chi connectivity index (χ0) is 10.5. The van der Waals surface area contributed by atoms with Gasteiger partial charge in [-0.2, -0.15) is 0 Å². The number of halogens is 2. The molecule has 0 unspecified atom stereocenters. The normalized spacial score (nSPS) is 20.4. The third kappa shape index (κ3) is 1.75. The molecule has 0 saturated carbocycles. The maximum atomic E-state index is 11.9. The molecule has 1 spiro atoms. The van der Waals surface area contributed by atoms with Gasteiger partial charge in [0, 0.05) is 17.6 Å². The highest BCUT2D eigenvalue weighted by Crippen LogP contribution is 2.36. The van der Waals surface area contributed by atoms with Gasteiger partial charge in [0.25, 0.3) is 0 Å². The van der Waals surface area contributed by atoms with Crippen molar-refractivity contribution in [1.29, 1.82) is 0 Å². The fourth-order valence-corrected chi connectivity index (χ4v) is 2.41. The summed E-state index contributed by atoms with van der Waals surface area (Å²) in [5, 5.41) is 3.15. The van der Waals surface area contributed by atoms with Crippen molar-refractivity contribution in [3.05, 3.63) is 28.2 Å². The molecule has 2 aliphatic rings. The van der Waals surface area contributed by atoms with Crippen molar-refractivity contribution >= 4 is 34.1 Å². The SMILES string of the molecule is Cl.O=C1CC2(CNC2)Oc2cc(Br)ccc21. The minimum absolute atomic E-state index is 0. The van der Waals surface area contributed by atoms with Crippen LogP contribution in [0.25, 0.3) is 0 Å². The molecule has 5 heteroatoms. The number of Topliss-reactive ketones (excluding diaryl/α,β-unsaturated/α-hetero) is 1. The molecule has 1 fully saturated rings. The van der Waals surface area contributed by atoms with E-state index < -0.39 is 0 Å². The van der Waals surface area contributed by atoms with Gasteiger partial charge in [-0.15, -0.1) is 12.4 Å². The van der Waals surface area contributed by atoms with E-state index in [-0.39, 0.29) is 23.8 Å². The second kappa shape index (κ2) is 4.02. The number of carbonyl (C=O) groups excluding carboxylic acids is 1. The Bertz CT molecular complexity index is 446. The number of hydrogen-bond donors (Lipinski definition) is 1. The lowest BCUT2D eigenvalue weighted by Gasteiger charge is -2.44. The standard InChI is InChI=1S/C11H10BrNO2.ClH/c12-7-1-2-8-9(14)4-11(5-13-6-11)15-10(8)3-7;/h1-3,13H,4-6H2;1H. The van der Waals surface area contributed by atoms with Gasteiger partial charge in [0.05, 0.1) is 12.0 Å². The molecular weight excluding hydrogens is 293 g/mol. The minimum Gasteiger partial charge on any atom is -0.483 e. The van der Waals surface area contributed by atoms with Crippen LogP contribution in [-0.2, 0) is 0 Å². The van der Waals surface area contributed by atoms with E-state index in [1.54, 1.807) is 0 Å². The topological polar surface area (TPSA) is 38.3 Å². The lowest BCUT2D eigenvalue weighted by molar-refractivity contribution is 0.00237. The number of hydrogen-bond acceptors (Lipinski definition) is 3. The third-order valence-corrected chi connectivity index (χ3v) is 3.44. The molecule has 2 aliphatic heterocycles. The molecule has 0 bridgehead atoms. The minimum atomic E-state index is -0.273. The second-order valence-electron chi connectivity index (χ2n) is 4.13. The molecule has 0 aromatic heterocycles. The lowest BCUT2D eigenvalue weighted by Crippen LogP contribution is -2.65. The van der Waals surface area contributed by atoms with Crippen molar-refractivity contribution in [3.63, 3.8) is 0 Å². The average Bonchev–Trinajstić information content (AvgIpc) is 2.14. The Balaban J connectivity index is 0.000000963. The van der Waals surface area contributed by atoms with Crippen molar-refractivity contribution in [2.75, 3.05) is 13.1 Å². The number of rotatable bonds is 0. The summed E-state index contributed by atoms with van der Waals surface area (Å²) in [5.41, 5.74) is 0.431.